The Kier molecular flexibility index (Phi) is 2.23. The van der Waals surface area contributed by atoms with Gasteiger partial charge in [-0.15, -0.1) is 0 Å². The normalized spacial score (nSPS) is 11.1. The van der Waals surface area contributed by atoms with Gasteiger partial charge in [0, 0.05) is 11.8 Å². The quantitative estimate of drug-likeness (QED) is 0.663. The molecular formula is C7H8NO3S. The third-order valence-corrected chi connectivity index (χ3v) is 1.71. The van der Waals surface area contributed by atoms with E-state index in [9.17, 15) is 8.42 Å². The second kappa shape index (κ2) is 3.02. The van der Waals surface area contributed by atoms with Crippen molar-refractivity contribution in [3.05, 3.63) is 24.3 Å². The van der Waals surface area contributed by atoms with Crippen LogP contribution in [0, 0.1) is 6.07 Å². The molecule has 0 aliphatic heterocycles. The zero-order chi connectivity index (χ0) is 9.19. The molecule has 0 saturated heterocycles. The number of rotatable bonds is 2. The van der Waals surface area contributed by atoms with Crippen molar-refractivity contribution in [2.75, 3.05) is 11.0 Å². The predicted octanol–water partition coefficient (Wildman–Crippen LogP) is 0.564. The third kappa shape index (κ3) is 2.79. The molecule has 1 aromatic rings. The van der Waals surface area contributed by atoms with Gasteiger partial charge in [0.2, 0.25) is 10.0 Å². The van der Waals surface area contributed by atoms with Gasteiger partial charge in [-0.3, -0.25) is 4.72 Å². The molecule has 0 spiro atoms. The van der Waals surface area contributed by atoms with Crippen LogP contribution in [0.3, 0.4) is 0 Å². The van der Waals surface area contributed by atoms with E-state index in [0.717, 1.165) is 6.26 Å². The topological polar surface area (TPSA) is 66.4 Å². The van der Waals surface area contributed by atoms with Crippen LogP contribution in [-0.2, 0) is 10.0 Å². The number of sulfonamides is 1. The first-order valence-corrected chi connectivity index (χ1v) is 5.05. The van der Waals surface area contributed by atoms with Crippen LogP contribution in [0.1, 0.15) is 0 Å². The van der Waals surface area contributed by atoms with Gasteiger partial charge in [0.15, 0.2) is 0 Å². The summed E-state index contributed by atoms with van der Waals surface area (Å²) in [6.07, 6.45) is 1.06. The number of nitrogens with one attached hydrogen (secondary N) is 1. The Hall–Kier alpha value is -1.23. The highest BCUT2D eigenvalue weighted by Gasteiger charge is 2.00. The zero-order valence-electron chi connectivity index (χ0n) is 6.40. The molecule has 12 heavy (non-hydrogen) atoms. The molecule has 4 nitrogen and oxygen atoms in total. The number of hydrogen-bond donors (Lipinski definition) is 2. The highest BCUT2D eigenvalue weighted by Crippen LogP contribution is 2.13. The van der Waals surface area contributed by atoms with Crippen molar-refractivity contribution in [3.63, 3.8) is 0 Å². The van der Waals surface area contributed by atoms with E-state index >= 15 is 0 Å². The number of aromatic hydroxyl groups is 1. The second-order valence-electron chi connectivity index (χ2n) is 2.34. The Morgan fingerprint density at radius 2 is 2.17 bits per heavy atom. The number of hydrogen-bond acceptors (Lipinski definition) is 3. The fraction of sp³-hybridized carbons (Fsp3) is 0.143. The summed E-state index contributed by atoms with van der Waals surface area (Å²) in [4.78, 5) is 0. The van der Waals surface area contributed by atoms with E-state index < -0.39 is 10.0 Å². The average Bonchev–Trinajstić information content (AvgIpc) is 1.91. The van der Waals surface area contributed by atoms with Crippen LogP contribution in [0.5, 0.6) is 5.75 Å². The summed E-state index contributed by atoms with van der Waals surface area (Å²) in [5.74, 6) is -0.0194. The first kappa shape index (κ1) is 8.86. The lowest BCUT2D eigenvalue weighted by atomic mass is 10.3. The van der Waals surface area contributed by atoms with E-state index in [0.29, 0.717) is 5.69 Å². The molecule has 0 atom stereocenters. The molecule has 1 radical (unpaired) electrons. The van der Waals surface area contributed by atoms with Crippen molar-refractivity contribution >= 4 is 15.7 Å². The monoisotopic (exact) mass is 186 g/mol. The predicted molar refractivity (Wildman–Crippen MR) is 45.4 cm³/mol. The largest absolute Gasteiger partial charge is 0.507 e. The maximum Gasteiger partial charge on any atom is 0.229 e. The summed E-state index contributed by atoms with van der Waals surface area (Å²) in [5.41, 5.74) is 0.385. The smallest absolute Gasteiger partial charge is 0.229 e. The van der Waals surface area contributed by atoms with Crippen molar-refractivity contribution in [3.8, 4) is 5.75 Å². The Bertz CT molecular complexity index is 355. The molecule has 0 aliphatic carbocycles. The zero-order valence-corrected chi connectivity index (χ0v) is 7.22. The van der Waals surface area contributed by atoms with Crippen molar-refractivity contribution in [1.29, 1.82) is 0 Å². The van der Waals surface area contributed by atoms with E-state index in [1.165, 1.54) is 18.2 Å². The van der Waals surface area contributed by atoms with Crippen molar-refractivity contribution in [1.82, 2.24) is 0 Å². The lowest BCUT2D eigenvalue weighted by molar-refractivity contribution is 0.474. The van der Waals surface area contributed by atoms with E-state index in [2.05, 4.69) is 10.8 Å². The fourth-order valence-corrected chi connectivity index (χ4v) is 1.25. The molecule has 0 amide bonds. The third-order valence-electron chi connectivity index (χ3n) is 1.10. The van der Waals surface area contributed by atoms with Crippen LogP contribution in [0.2, 0.25) is 0 Å². The first-order valence-electron chi connectivity index (χ1n) is 3.16. The molecule has 0 bridgehead atoms. The molecule has 1 rings (SSSR count). The van der Waals surface area contributed by atoms with Crippen molar-refractivity contribution in [2.24, 2.45) is 0 Å². The van der Waals surface area contributed by atoms with Crippen LogP contribution in [0.4, 0.5) is 5.69 Å². The van der Waals surface area contributed by atoms with Crippen LogP contribution in [0.25, 0.3) is 0 Å². The Balaban J connectivity index is 2.85. The van der Waals surface area contributed by atoms with E-state index in [1.807, 2.05) is 0 Å². The Labute approximate surface area is 70.9 Å². The molecular weight excluding hydrogens is 178 g/mol. The molecule has 0 heterocycles. The minimum absolute atomic E-state index is 0.0194. The molecule has 0 aromatic heterocycles. The minimum atomic E-state index is -3.24. The van der Waals surface area contributed by atoms with Gasteiger partial charge in [0.25, 0.3) is 0 Å². The Morgan fingerprint density at radius 3 is 2.58 bits per heavy atom. The van der Waals surface area contributed by atoms with Crippen LogP contribution >= 0.6 is 0 Å². The molecule has 5 heteroatoms. The lowest BCUT2D eigenvalue weighted by Crippen LogP contribution is -2.09. The summed E-state index contributed by atoms with van der Waals surface area (Å²) < 4.78 is 23.6. The van der Waals surface area contributed by atoms with E-state index in [4.69, 9.17) is 5.11 Å². The summed E-state index contributed by atoms with van der Waals surface area (Å²) in [6, 6.07) is 6.61. The summed E-state index contributed by atoms with van der Waals surface area (Å²) in [5, 5.41) is 8.82. The highest BCUT2D eigenvalue weighted by atomic mass is 32.2. The fourth-order valence-electron chi connectivity index (χ4n) is 0.694. The van der Waals surface area contributed by atoms with Gasteiger partial charge >= 0.3 is 0 Å². The number of benzene rings is 1. The molecule has 0 fully saturated rings. The second-order valence-corrected chi connectivity index (χ2v) is 4.09. The van der Waals surface area contributed by atoms with Gasteiger partial charge in [-0.25, -0.2) is 8.42 Å². The van der Waals surface area contributed by atoms with Gasteiger partial charge in [-0.2, -0.15) is 0 Å². The molecule has 0 aliphatic rings. The van der Waals surface area contributed by atoms with E-state index in [-0.39, 0.29) is 5.75 Å². The maximum absolute atomic E-state index is 10.7. The standard InChI is InChI=1S/C7H8NO3S/c1-12(10,11)8-6-2-4-7(9)5-3-6/h2-4,8-9H,1H3. The van der Waals surface area contributed by atoms with Crippen LogP contribution < -0.4 is 4.72 Å². The van der Waals surface area contributed by atoms with Gasteiger partial charge in [0.1, 0.15) is 5.75 Å². The molecule has 1 aromatic carbocycles. The molecule has 2 N–H and O–H groups in total. The van der Waals surface area contributed by atoms with Crippen LogP contribution in [0.15, 0.2) is 18.2 Å². The maximum atomic E-state index is 10.7. The average molecular weight is 186 g/mol. The number of anilines is 1. The van der Waals surface area contributed by atoms with Gasteiger partial charge in [-0.05, 0) is 18.2 Å². The SMILES string of the molecule is CS(=O)(=O)Nc1c[c]c(O)cc1. The minimum Gasteiger partial charge on any atom is -0.507 e. The van der Waals surface area contributed by atoms with Gasteiger partial charge < -0.3 is 5.11 Å². The summed E-state index contributed by atoms with van der Waals surface area (Å²) in [6.45, 7) is 0. The number of phenols is 1. The van der Waals surface area contributed by atoms with E-state index in [1.54, 1.807) is 0 Å². The Morgan fingerprint density at radius 1 is 1.50 bits per heavy atom. The molecule has 0 unspecified atom stereocenters. The van der Waals surface area contributed by atoms with Gasteiger partial charge in [-0.1, -0.05) is 0 Å². The highest BCUT2D eigenvalue weighted by molar-refractivity contribution is 7.92. The first-order chi connectivity index (χ1) is 5.47. The summed E-state index contributed by atoms with van der Waals surface area (Å²) in [7, 11) is -3.24. The van der Waals surface area contributed by atoms with Crippen LogP contribution in [-0.4, -0.2) is 19.8 Å². The summed E-state index contributed by atoms with van der Waals surface area (Å²) >= 11 is 0. The van der Waals surface area contributed by atoms with Crippen molar-refractivity contribution in [2.45, 2.75) is 0 Å². The molecule has 65 valence electrons. The van der Waals surface area contributed by atoms with Gasteiger partial charge in [0.05, 0.1) is 6.26 Å². The lowest BCUT2D eigenvalue weighted by Gasteiger charge is -2.01. The number of phenolic OH excluding ortho intramolecular Hbond substituents is 1. The van der Waals surface area contributed by atoms with Crippen molar-refractivity contribution < 1.29 is 13.5 Å². The molecule has 0 saturated carbocycles.